The quantitative estimate of drug-likeness (QED) is 0.817. The minimum atomic E-state index is -0.451. The molecule has 4 rings (SSSR count). The Bertz CT molecular complexity index is 809. The van der Waals surface area contributed by atoms with Crippen molar-refractivity contribution in [2.45, 2.75) is 40.2 Å². The molecule has 0 atom stereocenters. The third-order valence-corrected chi connectivity index (χ3v) is 5.44. The number of nitrogens with one attached hydrogen (secondary N) is 1. The van der Waals surface area contributed by atoms with E-state index in [9.17, 15) is 9.18 Å². The van der Waals surface area contributed by atoms with Gasteiger partial charge in [-0.3, -0.25) is 9.69 Å². The highest BCUT2D eigenvalue weighted by Crippen LogP contribution is 2.52. The molecule has 0 unspecified atom stereocenters. The van der Waals surface area contributed by atoms with Crippen LogP contribution in [-0.2, 0) is 11.3 Å². The van der Waals surface area contributed by atoms with Crippen molar-refractivity contribution in [2.24, 2.45) is 11.3 Å². The predicted molar refractivity (Wildman–Crippen MR) is 109 cm³/mol. The molecule has 1 aliphatic carbocycles. The number of likely N-dealkylation sites (tertiary alicyclic amines) is 1. The lowest BCUT2D eigenvalue weighted by molar-refractivity contribution is -0.140. The molecule has 1 spiro atoms. The van der Waals surface area contributed by atoms with Gasteiger partial charge in [0.05, 0.1) is 0 Å². The van der Waals surface area contributed by atoms with E-state index in [4.69, 9.17) is 11.6 Å². The van der Waals surface area contributed by atoms with Gasteiger partial charge in [0.15, 0.2) is 0 Å². The normalized spacial score (nSPS) is 17.9. The van der Waals surface area contributed by atoms with Crippen LogP contribution in [0.15, 0.2) is 30.6 Å². The number of carbonyl (C=O) groups excluding carboxylic acids is 1. The van der Waals surface area contributed by atoms with E-state index in [1.807, 2.05) is 33.2 Å². The molecule has 7 heteroatoms. The zero-order valence-corrected chi connectivity index (χ0v) is 17.3. The monoisotopic (exact) mass is 404 g/mol. The van der Waals surface area contributed by atoms with E-state index in [2.05, 4.69) is 20.2 Å². The second-order valence-electron chi connectivity index (χ2n) is 7.54. The fourth-order valence-electron chi connectivity index (χ4n) is 4.07. The standard InChI is InChI=1S/C19H20ClFN4O.C2H6/c1-12-22-7-13(8-23-12)9-25-10-19(11-25)5-14(6-19)18(26)24-17-3-15(20)2-16(21)4-17;1-2/h2-4,7-8,14H,5-6,9-11H2,1H3,(H,24,26);1-2H3. The minimum Gasteiger partial charge on any atom is -0.326 e. The van der Waals surface area contributed by atoms with E-state index in [0.29, 0.717) is 5.69 Å². The van der Waals surface area contributed by atoms with Gasteiger partial charge >= 0.3 is 0 Å². The van der Waals surface area contributed by atoms with E-state index in [1.165, 1.54) is 12.1 Å². The van der Waals surface area contributed by atoms with Crippen molar-refractivity contribution in [3.8, 4) is 0 Å². The molecule has 0 radical (unpaired) electrons. The van der Waals surface area contributed by atoms with Gasteiger partial charge in [0, 0.05) is 54.2 Å². The number of amides is 1. The third kappa shape index (κ3) is 4.67. The summed E-state index contributed by atoms with van der Waals surface area (Å²) in [6.45, 7) is 8.72. The van der Waals surface area contributed by atoms with Gasteiger partial charge in [-0.25, -0.2) is 14.4 Å². The molecule has 1 aromatic carbocycles. The number of aromatic nitrogens is 2. The molecule has 0 bridgehead atoms. The second-order valence-corrected chi connectivity index (χ2v) is 7.97. The first-order valence-corrected chi connectivity index (χ1v) is 10.1. The lowest BCUT2D eigenvalue weighted by Gasteiger charge is -2.58. The number of hydrogen-bond donors (Lipinski definition) is 1. The van der Waals surface area contributed by atoms with E-state index in [0.717, 1.165) is 43.9 Å². The maximum atomic E-state index is 13.4. The Kier molecular flexibility index (Phi) is 6.30. The largest absolute Gasteiger partial charge is 0.326 e. The van der Waals surface area contributed by atoms with E-state index in [-0.39, 0.29) is 22.3 Å². The lowest BCUT2D eigenvalue weighted by Crippen LogP contribution is -2.63. The number of hydrogen-bond acceptors (Lipinski definition) is 4. The van der Waals surface area contributed by atoms with Gasteiger partial charge in [-0.2, -0.15) is 0 Å². The molecule has 1 aromatic heterocycles. The topological polar surface area (TPSA) is 58.1 Å². The van der Waals surface area contributed by atoms with Crippen LogP contribution in [0.2, 0.25) is 5.02 Å². The number of rotatable bonds is 4. The minimum absolute atomic E-state index is 0.0121. The molecule has 1 N–H and O–H groups in total. The molecule has 150 valence electrons. The summed E-state index contributed by atoms with van der Waals surface area (Å²) in [5.74, 6) is 0.262. The summed E-state index contributed by atoms with van der Waals surface area (Å²) in [4.78, 5) is 23.1. The van der Waals surface area contributed by atoms with Gasteiger partial charge in [-0.1, -0.05) is 25.4 Å². The van der Waals surface area contributed by atoms with Crippen LogP contribution >= 0.6 is 11.6 Å². The van der Waals surface area contributed by atoms with Crippen molar-refractivity contribution >= 4 is 23.2 Å². The Balaban J connectivity index is 0.00000109. The van der Waals surface area contributed by atoms with Crippen LogP contribution in [0.1, 0.15) is 38.1 Å². The van der Waals surface area contributed by atoms with Crippen LogP contribution in [0.5, 0.6) is 0 Å². The number of anilines is 1. The van der Waals surface area contributed by atoms with Crippen LogP contribution in [0, 0.1) is 24.1 Å². The average molecular weight is 405 g/mol. The number of nitrogens with zero attached hydrogens (tertiary/aromatic N) is 3. The lowest BCUT2D eigenvalue weighted by atomic mass is 9.57. The van der Waals surface area contributed by atoms with Crippen LogP contribution in [0.25, 0.3) is 0 Å². The average Bonchev–Trinajstić information content (AvgIpc) is 2.58. The summed E-state index contributed by atoms with van der Waals surface area (Å²) in [6, 6.07) is 4.07. The maximum Gasteiger partial charge on any atom is 0.227 e. The Hall–Kier alpha value is -2.05. The smallest absolute Gasteiger partial charge is 0.227 e. The van der Waals surface area contributed by atoms with Gasteiger partial charge in [-0.15, -0.1) is 0 Å². The molecule has 28 heavy (non-hydrogen) atoms. The van der Waals surface area contributed by atoms with Crippen LogP contribution < -0.4 is 5.32 Å². The van der Waals surface area contributed by atoms with E-state index < -0.39 is 5.82 Å². The van der Waals surface area contributed by atoms with E-state index in [1.54, 1.807) is 6.07 Å². The highest BCUT2D eigenvalue weighted by molar-refractivity contribution is 6.30. The molecular formula is C21H26ClFN4O. The zero-order valence-electron chi connectivity index (χ0n) is 16.5. The summed E-state index contributed by atoms with van der Waals surface area (Å²) in [5.41, 5.74) is 1.78. The summed E-state index contributed by atoms with van der Waals surface area (Å²) in [6.07, 6.45) is 5.49. The molecule has 1 amide bonds. The van der Waals surface area contributed by atoms with E-state index >= 15 is 0 Å². The number of carbonyl (C=O) groups is 1. The summed E-state index contributed by atoms with van der Waals surface area (Å²) < 4.78 is 13.4. The molecule has 2 aliphatic rings. The van der Waals surface area contributed by atoms with Crippen molar-refractivity contribution < 1.29 is 9.18 Å². The highest BCUT2D eigenvalue weighted by atomic mass is 35.5. The number of halogens is 2. The Morgan fingerprint density at radius 2 is 1.89 bits per heavy atom. The first kappa shape index (κ1) is 20.7. The Labute approximate surface area is 170 Å². The molecule has 1 aliphatic heterocycles. The first-order chi connectivity index (χ1) is 13.4. The molecular weight excluding hydrogens is 379 g/mol. The maximum absolute atomic E-state index is 13.4. The van der Waals surface area contributed by atoms with Gasteiger partial charge in [0.2, 0.25) is 5.91 Å². The summed E-state index contributed by atoms with van der Waals surface area (Å²) >= 11 is 5.82. The summed E-state index contributed by atoms with van der Waals surface area (Å²) in [5, 5.41) is 3.05. The zero-order chi connectivity index (χ0) is 20.3. The molecule has 1 saturated carbocycles. The van der Waals surface area contributed by atoms with Crippen molar-refractivity contribution in [3.05, 3.63) is 52.8 Å². The van der Waals surface area contributed by atoms with Crippen LogP contribution in [0.3, 0.4) is 0 Å². The fraction of sp³-hybridized carbons (Fsp3) is 0.476. The van der Waals surface area contributed by atoms with Crippen LogP contribution in [0.4, 0.5) is 10.1 Å². The molecule has 2 aromatic rings. The van der Waals surface area contributed by atoms with Crippen molar-refractivity contribution in [1.82, 2.24) is 14.9 Å². The first-order valence-electron chi connectivity index (χ1n) is 9.68. The van der Waals surface area contributed by atoms with Gasteiger partial charge in [0.25, 0.3) is 0 Å². The molecule has 2 fully saturated rings. The van der Waals surface area contributed by atoms with Crippen molar-refractivity contribution in [1.29, 1.82) is 0 Å². The SMILES string of the molecule is CC.Cc1ncc(CN2CC3(CC(C(=O)Nc4cc(F)cc(Cl)c4)C3)C2)cn1. The Morgan fingerprint density at radius 1 is 1.25 bits per heavy atom. The second kappa shape index (κ2) is 8.53. The van der Waals surface area contributed by atoms with Gasteiger partial charge < -0.3 is 5.32 Å². The van der Waals surface area contributed by atoms with Gasteiger partial charge in [0.1, 0.15) is 11.6 Å². The van der Waals surface area contributed by atoms with Crippen molar-refractivity contribution in [3.63, 3.8) is 0 Å². The predicted octanol–water partition coefficient (Wildman–Crippen LogP) is 4.45. The third-order valence-electron chi connectivity index (χ3n) is 5.22. The summed E-state index contributed by atoms with van der Waals surface area (Å²) in [7, 11) is 0. The van der Waals surface area contributed by atoms with Crippen molar-refractivity contribution in [2.75, 3.05) is 18.4 Å². The highest BCUT2D eigenvalue weighted by Gasteiger charge is 2.54. The number of aryl methyl sites for hydroxylation is 1. The molecule has 5 nitrogen and oxygen atoms in total. The molecule has 2 heterocycles. The fourth-order valence-corrected chi connectivity index (χ4v) is 4.29. The van der Waals surface area contributed by atoms with Gasteiger partial charge in [-0.05, 0) is 43.4 Å². The van der Waals surface area contributed by atoms with Crippen LogP contribution in [-0.4, -0.2) is 33.9 Å². The Morgan fingerprint density at radius 3 is 2.50 bits per heavy atom. The molecule has 1 saturated heterocycles. The number of benzene rings is 1.